The molecule has 12 heteroatoms. The molecule has 34 heavy (non-hydrogen) atoms. The molecule has 3 rings (SSSR count). The second-order valence-corrected chi connectivity index (χ2v) is 7.33. The molecule has 1 unspecified atom stereocenters. The summed E-state index contributed by atoms with van der Waals surface area (Å²) in [5.41, 5.74) is 11.1. The van der Waals surface area contributed by atoms with E-state index in [0.29, 0.717) is 29.4 Å². The Morgan fingerprint density at radius 1 is 1.09 bits per heavy atom. The largest absolute Gasteiger partial charge is 0.507 e. The summed E-state index contributed by atoms with van der Waals surface area (Å²) in [5, 5.41) is 26.9. The van der Waals surface area contributed by atoms with Crippen LogP contribution in [0.25, 0.3) is 11.4 Å². The van der Waals surface area contributed by atoms with Crippen LogP contribution in [-0.2, 0) is 7.05 Å². The Balaban J connectivity index is 1.38. The number of nitrogens with two attached hydrogens (primary N) is 2. The van der Waals surface area contributed by atoms with Gasteiger partial charge in [-0.3, -0.25) is 9.59 Å². The van der Waals surface area contributed by atoms with Crippen LogP contribution in [0.5, 0.6) is 17.2 Å². The van der Waals surface area contributed by atoms with Gasteiger partial charge in [0.05, 0.1) is 5.56 Å². The van der Waals surface area contributed by atoms with Gasteiger partial charge in [-0.2, -0.15) is 5.10 Å². The number of aliphatic hydroxyl groups excluding tert-OH is 1. The van der Waals surface area contributed by atoms with Gasteiger partial charge in [-0.05, 0) is 42.5 Å². The van der Waals surface area contributed by atoms with Crippen LogP contribution >= 0.6 is 0 Å². The van der Waals surface area contributed by atoms with Crippen molar-refractivity contribution in [3.05, 3.63) is 53.9 Å². The molecule has 2 aromatic carbocycles. The third-order valence-electron chi connectivity index (χ3n) is 4.70. The number of benzene rings is 2. The van der Waals surface area contributed by atoms with E-state index in [1.165, 1.54) is 22.9 Å². The third-order valence-corrected chi connectivity index (χ3v) is 4.70. The maximum atomic E-state index is 11.3. The van der Waals surface area contributed by atoms with Crippen molar-refractivity contribution in [2.75, 3.05) is 26.3 Å². The van der Waals surface area contributed by atoms with E-state index in [4.69, 9.17) is 20.9 Å². The predicted molar refractivity (Wildman–Crippen MR) is 121 cm³/mol. The zero-order chi connectivity index (χ0) is 24.7. The molecule has 0 aliphatic carbocycles. The lowest BCUT2D eigenvalue weighted by Gasteiger charge is -2.14. The van der Waals surface area contributed by atoms with Crippen molar-refractivity contribution in [1.82, 2.24) is 20.1 Å². The number of amides is 2. The molecule has 0 saturated carbocycles. The van der Waals surface area contributed by atoms with Crippen LogP contribution in [-0.4, -0.2) is 69.2 Å². The first kappa shape index (κ1) is 24.5. The van der Waals surface area contributed by atoms with Gasteiger partial charge in [0.1, 0.15) is 36.6 Å². The fourth-order valence-corrected chi connectivity index (χ4v) is 2.98. The Labute approximate surface area is 195 Å². The first-order chi connectivity index (χ1) is 16.2. The van der Waals surface area contributed by atoms with E-state index in [-0.39, 0.29) is 36.9 Å². The van der Waals surface area contributed by atoms with Gasteiger partial charge in [-0.15, -0.1) is 0 Å². The van der Waals surface area contributed by atoms with E-state index < -0.39 is 17.9 Å². The fourth-order valence-electron chi connectivity index (χ4n) is 2.98. The van der Waals surface area contributed by atoms with Gasteiger partial charge in [-0.1, -0.05) is 0 Å². The van der Waals surface area contributed by atoms with Crippen molar-refractivity contribution in [3.63, 3.8) is 0 Å². The summed E-state index contributed by atoms with van der Waals surface area (Å²) in [5.74, 6) is -0.233. The number of rotatable bonds is 12. The molecule has 0 aliphatic heterocycles. The second-order valence-electron chi connectivity index (χ2n) is 7.33. The van der Waals surface area contributed by atoms with E-state index in [1.54, 1.807) is 31.3 Å². The van der Waals surface area contributed by atoms with E-state index in [1.807, 2.05) is 0 Å². The molecule has 180 valence electrons. The number of primary amides is 2. The molecule has 0 saturated heterocycles. The Kier molecular flexibility index (Phi) is 8.01. The van der Waals surface area contributed by atoms with Crippen LogP contribution in [0.2, 0.25) is 0 Å². The molecular weight excluding hydrogens is 444 g/mol. The normalized spacial score (nSPS) is 11.7. The highest BCUT2D eigenvalue weighted by Crippen LogP contribution is 2.22. The lowest BCUT2D eigenvalue weighted by molar-refractivity contribution is 0.0981. The molecular formula is C22H26N6O6. The summed E-state index contributed by atoms with van der Waals surface area (Å²) in [6.07, 6.45) is -0.759. The number of hydrogen-bond acceptors (Lipinski definition) is 9. The minimum absolute atomic E-state index is 0.0160. The zero-order valence-corrected chi connectivity index (χ0v) is 18.5. The van der Waals surface area contributed by atoms with Crippen molar-refractivity contribution in [2.45, 2.75) is 6.10 Å². The van der Waals surface area contributed by atoms with Crippen LogP contribution < -0.4 is 26.3 Å². The average Bonchev–Trinajstić information content (AvgIpc) is 3.20. The Morgan fingerprint density at radius 3 is 2.44 bits per heavy atom. The summed E-state index contributed by atoms with van der Waals surface area (Å²) in [7, 11) is 1.59. The number of nitrogens with one attached hydrogen (secondary N) is 1. The van der Waals surface area contributed by atoms with Crippen molar-refractivity contribution in [3.8, 4) is 28.6 Å². The topological polar surface area (TPSA) is 188 Å². The van der Waals surface area contributed by atoms with Gasteiger partial charge >= 0.3 is 0 Å². The summed E-state index contributed by atoms with van der Waals surface area (Å²) >= 11 is 0. The highest BCUT2D eigenvalue weighted by Gasteiger charge is 2.14. The second kappa shape index (κ2) is 11.1. The number of phenols is 1. The SMILES string of the molecule is Cn1nc(-c2ccc(OCC(O)CNCCOc3ccc(O)c(C(N)=O)c3)cc2)nc1C(N)=O. The Morgan fingerprint density at radius 2 is 1.79 bits per heavy atom. The zero-order valence-electron chi connectivity index (χ0n) is 18.5. The monoisotopic (exact) mass is 470 g/mol. The minimum atomic E-state index is -0.759. The summed E-state index contributed by atoms with van der Waals surface area (Å²) in [6, 6.07) is 11.1. The number of hydrogen-bond donors (Lipinski definition) is 5. The highest BCUT2D eigenvalue weighted by atomic mass is 16.5. The van der Waals surface area contributed by atoms with Crippen molar-refractivity contribution in [2.24, 2.45) is 18.5 Å². The number of aliphatic hydroxyl groups is 1. The lowest BCUT2D eigenvalue weighted by Crippen LogP contribution is -2.33. The number of carbonyl (C=O) groups excluding carboxylic acids is 2. The summed E-state index contributed by atoms with van der Waals surface area (Å²) < 4.78 is 12.4. The van der Waals surface area contributed by atoms with E-state index in [9.17, 15) is 19.8 Å². The predicted octanol–water partition coefficient (Wildman–Crippen LogP) is -0.206. The van der Waals surface area contributed by atoms with Crippen molar-refractivity contribution >= 4 is 11.8 Å². The molecule has 0 bridgehead atoms. The third kappa shape index (κ3) is 6.43. The number of nitrogens with zero attached hydrogens (tertiary/aromatic N) is 3. The van der Waals surface area contributed by atoms with Gasteiger partial charge in [0.25, 0.3) is 11.8 Å². The van der Waals surface area contributed by atoms with Crippen LogP contribution in [0.15, 0.2) is 42.5 Å². The van der Waals surface area contributed by atoms with E-state index in [0.717, 1.165) is 0 Å². The highest BCUT2D eigenvalue weighted by molar-refractivity contribution is 5.95. The van der Waals surface area contributed by atoms with Gasteiger partial charge in [0.15, 0.2) is 5.82 Å². The molecule has 1 atom stereocenters. The number of aromatic hydroxyl groups is 1. The Hall–Kier alpha value is -4.16. The van der Waals surface area contributed by atoms with Crippen LogP contribution in [0, 0.1) is 0 Å². The summed E-state index contributed by atoms with van der Waals surface area (Å²) in [6.45, 7) is 1.05. The van der Waals surface area contributed by atoms with Crippen LogP contribution in [0.3, 0.4) is 0 Å². The smallest absolute Gasteiger partial charge is 0.286 e. The lowest BCUT2D eigenvalue weighted by atomic mass is 10.2. The molecule has 0 aliphatic rings. The van der Waals surface area contributed by atoms with Crippen LogP contribution in [0.1, 0.15) is 21.0 Å². The molecule has 12 nitrogen and oxygen atoms in total. The van der Waals surface area contributed by atoms with Crippen molar-refractivity contribution < 1.29 is 29.3 Å². The maximum Gasteiger partial charge on any atom is 0.286 e. The molecule has 7 N–H and O–H groups in total. The quantitative estimate of drug-likeness (QED) is 0.223. The van der Waals surface area contributed by atoms with E-state index in [2.05, 4.69) is 15.4 Å². The molecule has 0 radical (unpaired) electrons. The molecule has 2 amide bonds. The fraction of sp³-hybridized carbons (Fsp3) is 0.273. The van der Waals surface area contributed by atoms with E-state index >= 15 is 0 Å². The average molecular weight is 470 g/mol. The number of carbonyl (C=O) groups is 2. The maximum absolute atomic E-state index is 11.3. The molecule has 0 spiro atoms. The van der Waals surface area contributed by atoms with Crippen molar-refractivity contribution in [1.29, 1.82) is 0 Å². The van der Waals surface area contributed by atoms with Gasteiger partial charge < -0.3 is 36.5 Å². The number of aromatic nitrogens is 3. The standard InChI is InChI=1S/C22H26N6O6/c1-28-22(20(24)32)26-21(27-28)13-2-4-15(5-3-13)34-12-14(29)11-25-8-9-33-16-6-7-18(30)17(10-16)19(23)31/h2-7,10,14,25,29-30H,8-9,11-12H2,1H3,(H2,23,31)(H2,24,32). The van der Waals surface area contributed by atoms with Gasteiger partial charge in [0.2, 0.25) is 5.82 Å². The first-order valence-corrected chi connectivity index (χ1v) is 10.3. The van der Waals surface area contributed by atoms with Crippen LogP contribution in [0.4, 0.5) is 0 Å². The van der Waals surface area contributed by atoms with Gasteiger partial charge in [-0.25, -0.2) is 9.67 Å². The molecule has 1 heterocycles. The molecule has 3 aromatic rings. The number of ether oxygens (including phenoxy) is 2. The minimum Gasteiger partial charge on any atom is -0.507 e. The molecule has 1 aromatic heterocycles. The van der Waals surface area contributed by atoms with Gasteiger partial charge in [0, 0.05) is 25.7 Å². The number of aryl methyl sites for hydroxylation is 1. The molecule has 0 fully saturated rings. The first-order valence-electron chi connectivity index (χ1n) is 10.3. The Bertz CT molecular complexity index is 1150. The summed E-state index contributed by atoms with van der Waals surface area (Å²) in [4.78, 5) is 26.7.